The van der Waals surface area contributed by atoms with Gasteiger partial charge in [-0.1, -0.05) is 18.2 Å². The van der Waals surface area contributed by atoms with Crippen molar-refractivity contribution in [3.05, 3.63) is 72.3 Å². The molecule has 1 amide bonds. The van der Waals surface area contributed by atoms with Gasteiger partial charge in [-0.3, -0.25) is 9.59 Å². The van der Waals surface area contributed by atoms with Crippen LogP contribution in [-0.2, 0) is 25.7 Å². The molecule has 0 spiro atoms. The first-order valence-corrected chi connectivity index (χ1v) is 14.8. The van der Waals surface area contributed by atoms with Crippen LogP contribution < -0.4 is 34.1 Å². The number of rotatable bonds is 14. The van der Waals surface area contributed by atoms with Gasteiger partial charge in [0.05, 0.1) is 52.3 Å². The second kappa shape index (κ2) is 15.5. The predicted molar refractivity (Wildman–Crippen MR) is 166 cm³/mol. The van der Waals surface area contributed by atoms with Crippen molar-refractivity contribution < 1.29 is 43.1 Å². The SMILES string of the molecule is COC(=O)CN1c2cc(OC[C@H]3CNCC(=O)N3c3ccc(OCCCOCc4ccccc4OC)cc3)ccc2OCC1O. The lowest BCUT2D eigenvalue weighted by Crippen LogP contribution is -2.57. The molecule has 5 rings (SSSR count). The van der Waals surface area contributed by atoms with Crippen LogP contribution in [0.1, 0.15) is 12.0 Å². The third-order valence-electron chi connectivity index (χ3n) is 7.51. The maximum Gasteiger partial charge on any atom is 0.325 e. The number of aliphatic hydroxyl groups excluding tert-OH is 1. The Labute approximate surface area is 262 Å². The van der Waals surface area contributed by atoms with Crippen LogP contribution in [0.15, 0.2) is 66.7 Å². The molecule has 2 heterocycles. The summed E-state index contributed by atoms with van der Waals surface area (Å²) in [6.07, 6.45) is -0.284. The highest BCUT2D eigenvalue weighted by atomic mass is 16.5. The fraction of sp³-hybridized carbons (Fsp3) is 0.394. The van der Waals surface area contributed by atoms with Gasteiger partial charge in [-0.15, -0.1) is 0 Å². The maximum absolute atomic E-state index is 13.0. The van der Waals surface area contributed by atoms with Crippen LogP contribution in [0.25, 0.3) is 0 Å². The summed E-state index contributed by atoms with van der Waals surface area (Å²) in [5, 5.41) is 13.6. The summed E-state index contributed by atoms with van der Waals surface area (Å²) in [6, 6.07) is 20.1. The smallest absolute Gasteiger partial charge is 0.325 e. The predicted octanol–water partition coefficient (Wildman–Crippen LogP) is 2.75. The van der Waals surface area contributed by atoms with Crippen molar-refractivity contribution in [3.63, 3.8) is 0 Å². The Morgan fingerprint density at radius 1 is 1.02 bits per heavy atom. The number of aliphatic hydroxyl groups is 1. The highest BCUT2D eigenvalue weighted by Crippen LogP contribution is 2.36. The van der Waals surface area contributed by atoms with Gasteiger partial charge in [0.25, 0.3) is 0 Å². The normalized spacial score (nSPS) is 17.7. The molecule has 2 aliphatic rings. The summed E-state index contributed by atoms with van der Waals surface area (Å²) in [4.78, 5) is 28.1. The molecule has 0 radical (unpaired) electrons. The number of carbonyl (C=O) groups is 2. The quantitative estimate of drug-likeness (QED) is 0.204. The molecule has 45 heavy (non-hydrogen) atoms. The highest BCUT2D eigenvalue weighted by Gasteiger charge is 2.31. The Morgan fingerprint density at radius 2 is 1.82 bits per heavy atom. The number of piperazine rings is 1. The molecule has 1 saturated heterocycles. The number of esters is 1. The number of amides is 1. The van der Waals surface area contributed by atoms with E-state index in [1.807, 2.05) is 48.5 Å². The molecule has 1 unspecified atom stereocenters. The minimum Gasteiger partial charge on any atom is -0.496 e. The lowest BCUT2D eigenvalue weighted by Gasteiger charge is -2.36. The van der Waals surface area contributed by atoms with Gasteiger partial charge in [-0.2, -0.15) is 0 Å². The van der Waals surface area contributed by atoms with Gasteiger partial charge in [-0.05, 0) is 42.5 Å². The fourth-order valence-electron chi connectivity index (χ4n) is 5.21. The number of ether oxygens (including phenoxy) is 6. The molecule has 0 bridgehead atoms. The zero-order valence-electron chi connectivity index (χ0n) is 25.5. The summed E-state index contributed by atoms with van der Waals surface area (Å²) in [7, 11) is 2.94. The second-order valence-electron chi connectivity index (χ2n) is 10.5. The van der Waals surface area contributed by atoms with Crippen molar-refractivity contribution in [2.24, 2.45) is 0 Å². The molecule has 2 aliphatic heterocycles. The summed E-state index contributed by atoms with van der Waals surface area (Å²) < 4.78 is 33.5. The average Bonchev–Trinajstić information content (AvgIpc) is 3.07. The van der Waals surface area contributed by atoms with E-state index in [0.717, 1.165) is 23.4 Å². The molecule has 0 saturated carbocycles. The van der Waals surface area contributed by atoms with Crippen molar-refractivity contribution >= 4 is 23.3 Å². The van der Waals surface area contributed by atoms with Crippen LogP contribution in [0, 0.1) is 0 Å². The van der Waals surface area contributed by atoms with Gasteiger partial charge in [0.1, 0.15) is 42.8 Å². The standard InChI is InChI=1S/C33H39N3O9/c1-40-29-7-4-3-6-23(29)20-42-14-5-15-43-26-10-8-24(9-11-26)36-25(17-34-18-31(36)37)21-44-27-12-13-30-28(16-27)35(19-33(39)41-2)32(38)22-45-30/h3-4,6-13,16,25,32,34,38H,5,14-15,17-22H2,1-2H3/t25-,32?/m1/s1. The van der Waals surface area contributed by atoms with Gasteiger partial charge >= 0.3 is 5.97 Å². The topological polar surface area (TPSA) is 128 Å². The summed E-state index contributed by atoms with van der Waals surface area (Å²) in [5.74, 6) is 1.99. The largest absolute Gasteiger partial charge is 0.496 e. The number of nitrogens with zero attached hydrogens (tertiary/aromatic N) is 2. The van der Waals surface area contributed by atoms with Crippen molar-refractivity contribution in [2.45, 2.75) is 25.3 Å². The molecule has 12 nitrogen and oxygen atoms in total. The molecule has 2 atom stereocenters. The van der Waals surface area contributed by atoms with Gasteiger partial charge in [0, 0.05) is 30.3 Å². The van der Waals surface area contributed by atoms with Crippen LogP contribution in [-0.4, -0.2) is 89.5 Å². The number of para-hydroxylation sites is 1. The zero-order valence-corrected chi connectivity index (χ0v) is 25.5. The van der Waals surface area contributed by atoms with E-state index in [2.05, 4.69) is 5.32 Å². The Morgan fingerprint density at radius 3 is 2.62 bits per heavy atom. The molecule has 0 aliphatic carbocycles. The minimum absolute atomic E-state index is 0.0258. The Hall–Kier alpha value is -4.52. The van der Waals surface area contributed by atoms with Gasteiger partial charge in [-0.25, -0.2) is 0 Å². The van der Waals surface area contributed by atoms with E-state index < -0.39 is 12.2 Å². The summed E-state index contributed by atoms with van der Waals surface area (Å²) in [6.45, 7) is 2.38. The van der Waals surface area contributed by atoms with Crippen LogP contribution in [0.2, 0.25) is 0 Å². The maximum atomic E-state index is 13.0. The van der Waals surface area contributed by atoms with Crippen LogP contribution in [0.4, 0.5) is 11.4 Å². The van der Waals surface area contributed by atoms with Crippen LogP contribution >= 0.6 is 0 Å². The molecule has 3 aromatic rings. The third kappa shape index (κ3) is 8.15. The van der Waals surface area contributed by atoms with E-state index in [1.54, 1.807) is 30.2 Å². The first kappa shape index (κ1) is 31.9. The summed E-state index contributed by atoms with van der Waals surface area (Å²) >= 11 is 0. The number of hydrogen-bond donors (Lipinski definition) is 2. The number of carbonyl (C=O) groups excluding carboxylic acids is 2. The van der Waals surface area contributed by atoms with Gasteiger partial charge in [0.15, 0.2) is 6.23 Å². The second-order valence-corrected chi connectivity index (χ2v) is 10.5. The molecular weight excluding hydrogens is 582 g/mol. The summed E-state index contributed by atoms with van der Waals surface area (Å²) in [5.41, 5.74) is 2.26. The first-order chi connectivity index (χ1) is 22.0. The van der Waals surface area contributed by atoms with Crippen molar-refractivity contribution in [2.75, 3.05) is 70.1 Å². The van der Waals surface area contributed by atoms with E-state index in [9.17, 15) is 14.7 Å². The van der Waals surface area contributed by atoms with E-state index >= 15 is 0 Å². The lowest BCUT2D eigenvalue weighted by molar-refractivity contribution is -0.139. The molecule has 1 fully saturated rings. The fourth-order valence-corrected chi connectivity index (χ4v) is 5.21. The molecule has 240 valence electrons. The Balaban J connectivity index is 1.14. The molecular formula is C33H39N3O9. The number of hydrogen-bond acceptors (Lipinski definition) is 11. The number of methoxy groups -OCH3 is 2. The van der Waals surface area contributed by atoms with Crippen LogP contribution in [0.3, 0.4) is 0 Å². The monoisotopic (exact) mass is 621 g/mol. The van der Waals surface area contributed by atoms with E-state index in [-0.39, 0.29) is 38.3 Å². The number of benzene rings is 3. The van der Waals surface area contributed by atoms with Crippen molar-refractivity contribution in [1.29, 1.82) is 0 Å². The lowest BCUT2D eigenvalue weighted by atomic mass is 10.1. The first-order valence-electron chi connectivity index (χ1n) is 14.8. The Bertz CT molecular complexity index is 1440. The third-order valence-corrected chi connectivity index (χ3v) is 7.51. The number of nitrogens with one attached hydrogen (secondary N) is 1. The molecule has 2 N–H and O–H groups in total. The Kier molecular flexibility index (Phi) is 11.0. The number of anilines is 2. The van der Waals surface area contributed by atoms with Crippen molar-refractivity contribution in [3.8, 4) is 23.0 Å². The van der Waals surface area contributed by atoms with E-state index in [0.29, 0.717) is 49.3 Å². The zero-order chi connectivity index (χ0) is 31.6. The van der Waals surface area contributed by atoms with Gasteiger partial charge in [0.2, 0.25) is 5.91 Å². The highest BCUT2D eigenvalue weighted by molar-refractivity contribution is 5.96. The molecule has 3 aromatic carbocycles. The van der Waals surface area contributed by atoms with E-state index in [1.165, 1.54) is 12.0 Å². The molecule has 0 aromatic heterocycles. The number of fused-ring (bicyclic) bond motifs is 1. The van der Waals surface area contributed by atoms with E-state index in [4.69, 9.17) is 28.4 Å². The van der Waals surface area contributed by atoms with Crippen LogP contribution in [0.5, 0.6) is 23.0 Å². The minimum atomic E-state index is -1.01. The average molecular weight is 622 g/mol. The van der Waals surface area contributed by atoms with Gasteiger partial charge < -0.3 is 48.6 Å². The van der Waals surface area contributed by atoms with Crippen molar-refractivity contribution in [1.82, 2.24) is 5.32 Å². The molecule has 12 heteroatoms.